The molecular weight excluding hydrogens is 456 g/mol. The van der Waals surface area contributed by atoms with E-state index in [4.69, 9.17) is 0 Å². The number of amides is 3. The molecule has 0 aliphatic carbocycles. The van der Waals surface area contributed by atoms with Crippen LogP contribution < -0.4 is 21.1 Å². The third kappa shape index (κ3) is 4.46. The van der Waals surface area contributed by atoms with Gasteiger partial charge in [0, 0.05) is 43.5 Å². The van der Waals surface area contributed by atoms with Crippen LogP contribution in [0.15, 0.2) is 47.4 Å². The summed E-state index contributed by atoms with van der Waals surface area (Å²) < 4.78 is 1.34. The molecule has 0 bridgehead atoms. The van der Waals surface area contributed by atoms with Gasteiger partial charge in [0.25, 0.3) is 11.5 Å². The first-order valence-corrected chi connectivity index (χ1v) is 11.9. The molecule has 0 radical (unpaired) electrons. The van der Waals surface area contributed by atoms with Crippen LogP contribution in [0.5, 0.6) is 5.75 Å². The highest BCUT2D eigenvalue weighted by molar-refractivity contribution is 6.10. The van der Waals surface area contributed by atoms with Gasteiger partial charge in [-0.1, -0.05) is 45.0 Å². The SMILES string of the molecule is CNC(=O)Nc1cc(-c2ccc(C)c(N3CCc4cc(C(C)(C)C)ccc4C3=O)c2O)cn(C)c1=O. The molecule has 0 fully saturated rings. The van der Waals surface area contributed by atoms with Crippen molar-refractivity contribution in [2.45, 2.75) is 39.5 Å². The van der Waals surface area contributed by atoms with E-state index in [0.717, 1.165) is 11.1 Å². The summed E-state index contributed by atoms with van der Waals surface area (Å²) in [5, 5.41) is 16.3. The van der Waals surface area contributed by atoms with Crippen molar-refractivity contribution in [3.8, 4) is 16.9 Å². The van der Waals surface area contributed by atoms with Gasteiger partial charge >= 0.3 is 6.03 Å². The molecule has 8 nitrogen and oxygen atoms in total. The van der Waals surface area contributed by atoms with Crippen LogP contribution in [-0.4, -0.2) is 35.2 Å². The molecule has 36 heavy (non-hydrogen) atoms. The van der Waals surface area contributed by atoms with Gasteiger partial charge in [0.2, 0.25) is 0 Å². The zero-order valence-electron chi connectivity index (χ0n) is 21.5. The number of pyridine rings is 1. The van der Waals surface area contributed by atoms with E-state index >= 15 is 0 Å². The average Bonchev–Trinajstić information content (AvgIpc) is 2.82. The highest BCUT2D eigenvalue weighted by atomic mass is 16.3. The van der Waals surface area contributed by atoms with Gasteiger partial charge in [0.05, 0.1) is 5.69 Å². The van der Waals surface area contributed by atoms with Gasteiger partial charge in [-0.2, -0.15) is 0 Å². The van der Waals surface area contributed by atoms with Crippen molar-refractivity contribution in [2.24, 2.45) is 7.05 Å². The Morgan fingerprint density at radius 2 is 1.75 bits per heavy atom. The number of hydrogen-bond donors (Lipinski definition) is 3. The van der Waals surface area contributed by atoms with E-state index < -0.39 is 6.03 Å². The number of benzene rings is 2. The smallest absolute Gasteiger partial charge is 0.319 e. The molecule has 1 aromatic heterocycles. The minimum Gasteiger partial charge on any atom is -0.505 e. The first kappa shape index (κ1) is 25.0. The van der Waals surface area contributed by atoms with E-state index in [0.29, 0.717) is 35.3 Å². The lowest BCUT2D eigenvalue weighted by molar-refractivity contribution is 0.0979. The summed E-state index contributed by atoms with van der Waals surface area (Å²) in [5.74, 6) is -0.211. The number of nitrogens with zero attached hydrogens (tertiary/aromatic N) is 2. The number of fused-ring (bicyclic) bond motifs is 1. The average molecular weight is 489 g/mol. The number of phenolic OH excluding ortho intramolecular Hbond substituents is 1. The van der Waals surface area contributed by atoms with Crippen LogP contribution in [0.3, 0.4) is 0 Å². The standard InChI is InChI=1S/C28H32N4O4/c1-16-7-9-20(18-14-22(30-27(36)29-5)26(35)31(6)15-18)24(33)23(16)32-12-11-17-13-19(28(2,3)4)8-10-21(17)25(32)34/h7-10,13-15,33H,11-12H2,1-6H3,(H2,29,30,36). The van der Waals surface area contributed by atoms with Gasteiger partial charge in [-0.25, -0.2) is 4.79 Å². The number of aromatic hydroxyl groups is 1. The monoisotopic (exact) mass is 488 g/mol. The second kappa shape index (κ2) is 9.18. The third-order valence-electron chi connectivity index (χ3n) is 6.64. The number of nitrogens with one attached hydrogen (secondary N) is 2. The topological polar surface area (TPSA) is 104 Å². The van der Waals surface area contributed by atoms with Crippen molar-refractivity contribution >= 4 is 23.3 Å². The molecule has 3 amide bonds. The zero-order valence-corrected chi connectivity index (χ0v) is 21.5. The summed E-state index contributed by atoms with van der Waals surface area (Å²) >= 11 is 0. The van der Waals surface area contributed by atoms with Gasteiger partial charge < -0.3 is 25.2 Å². The van der Waals surface area contributed by atoms with Gasteiger partial charge in [0.15, 0.2) is 0 Å². The molecule has 3 aromatic rings. The number of aryl methyl sites for hydroxylation is 2. The molecule has 0 saturated carbocycles. The molecule has 4 rings (SSSR count). The number of aromatic nitrogens is 1. The molecule has 0 spiro atoms. The van der Waals surface area contributed by atoms with Crippen LogP contribution in [0.2, 0.25) is 0 Å². The van der Waals surface area contributed by atoms with Crippen molar-refractivity contribution in [1.29, 1.82) is 0 Å². The van der Waals surface area contributed by atoms with Crippen LogP contribution >= 0.6 is 0 Å². The van der Waals surface area contributed by atoms with Crippen molar-refractivity contribution in [2.75, 3.05) is 23.8 Å². The van der Waals surface area contributed by atoms with E-state index in [2.05, 4.69) is 37.5 Å². The summed E-state index contributed by atoms with van der Waals surface area (Å²) in [6.45, 7) is 8.73. The Kier molecular flexibility index (Phi) is 6.39. The molecule has 2 aromatic carbocycles. The Morgan fingerprint density at radius 3 is 2.42 bits per heavy atom. The first-order chi connectivity index (χ1) is 16.9. The lowest BCUT2D eigenvalue weighted by Crippen LogP contribution is -2.38. The molecule has 8 heteroatoms. The van der Waals surface area contributed by atoms with Crippen LogP contribution in [0, 0.1) is 6.92 Å². The fourth-order valence-corrected chi connectivity index (χ4v) is 4.56. The number of carbonyl (C=O) groups is 2. The molecule has 2 heterocycles. The van der Waals surface area contributed by atoms with Crippen LogP contribution in [0.1, 0.15) is 47.8 Å². The molecule has 188 valence electrons. The van der Waals surface area contributed by atoms with Gasteiger partial charge in [-0.05, 0) is 47.6 Å². The minimum atomic E-state index is -0.523. The highest BCUT2D eigenvalue weighted by Crippen LogP contribution is 2.42. The quantitative estimate of drug-likeness (QED) is 0.511. The van der Waals surface area contributed by atoms with Crippen LogP contribution in [0.4, 0.5) is 16.2 Å². The Bertz CT molecular complexity index is 1430. The molecule has 0 atom stereocenters. The number of hydrogen-bond acceptors (Lipinski definition) is 4. The maximum atomic E-state index is 13.6. The Morgan fingerprint density at radius 1 is 1.06 bits per heavy atom. The number of carbonyl (C=O) groups excluding carboxylic acids is 2. The Hall–Kier alpha value is -4.07. The normalized spacial score (nSPS) is 13.4. The van der Waals surface area contributed by atoms with Gasteiger partial charge in [-0.15, -0.1) is 0 Å². The van der Waals surface area contributed by atoms with Crippen LogP contribution in [-0.2, 0) is 18.9 Å². The fourth-order valence-electron chi connectivity index (χ4n) is 4.56. The second-order valence-electron chi connectivity index (χ2n) is 10.2. The van der Waals surface area contributed by atoms with Crippen molar-refractivity contribution in [3.05, 3.63) is 75.2 Å². The second-order valence-corrected chi connectivity index (χ2v) is 10.2. The Labute approximate surface area is 210 Å². The summed E-state index contributed by atoms with van der Waals surface area (Å²) in [6.07, 6.45) is 2.26. The number of anilines is 2. The maximum absolute atomic E-state index is 13.6. The Balaban J connectivity index is 1.77. The molecule has 0 unspecified atom stereocenters. The van der Waals surface area contributed by atoms with Crippen molar-refractivity contribution < 1.29 is 14.7 Å². The van der Waals surface area contributed by atoms with Gasteiger partial charge in [0.1, 0.15) is 11.4 Å². The largest absolute Gasteiger partial charge is 0.505 e. The van der Waals surface area contributed by atoms with Crippen LogP contribution in [0.25, 0.3) is 11.1 Å². The molecular formula is C28H32N4O4. The van der Waals surface area contributed by atoms with Crippen molar-refractivity contribution in [1.82, 2.24) is 9.88 Å². The highest BCUT2D eigenvalue weighted by Gasteiger charge is 2.30. The number of rotatable bonds is 3. The summed E-state index contributed by atoms with van der Waals surface area (Å²) in [6, 6.07) is 10.6. The third-order valence-corrected chi connectivity index (χ3v) is 6.64. The molecule has 0 saturated heterocycles. The van der Waals surface area contributed by atoms with E-state index in [1.54, 1.807) is 24.2 Å². The minimum absolute atomic E-state index is 0.0142. The predicted octanol–water partition coefficient (Wildman–Crippen LogP) is 4.32. The van der Waals surface area contributed by atoms with E-state index in [-0.39, 0.29) is 28.3 Å². The zero-order chi connectivity index (χ0) is 26.4. The van der Waals surface area contributed by atoms with E-state index in [1.165, 1.54) is 23.2 Å². The summed E-state index contributed by atoms with van der Waals surface area (Å²) in [7, 11) is 3.03. The fraction of sp³-hybridized carbons (Fsp3) is 0.321. The molecule has 1 aliphatic rings. The van der Waals surface area contributed by atoms with Gasteiger partial charge in [-0.3, -0.25) is 9.59 Å². The molecule has 1 aliphatic heterocycles. The van der Waals surface area contributed by atoms with E-state index in [9.17, 15) is 19.5 Å². The van der Waals surface area contributed by atoms with E-state index in [1.807, 2.05) is 25.1 Å². The van der Waals surface area contributed by atoms with Crippen molar-refractivity contribution in [3.63, 3.8) is 0 Å². The summed E-state index contributed by atoms with van der Waals surface area (Å²) in [4.78, 5) is 39.5. The first-order valence-electron chi connectivity index (χ1n) is 11.9. The number of urea groups is 1. The molecule has 3 N–H and O–H groups in total. The lowest BCUT2D eigenvalue weighted by atomic mass is 9.84. The maximum Gasteiger partial charge on any atom is 0.319 e. The lowest BCUT2D eigenvalue weighted by Gasteiger charge is -2.32. The summed E-state index contributed by atoms with van der Waals surface area (Å²) in [5.41, 5.74) is 4.69. The predicted molar refractivity (Wildman–Crippen MR) is 142 cm³/mol. The number of phenols is 1.